The van der Waals surface area contributed by atoms with Crippen LogP contribution in [0.5, 0.6) is 0 Å². The molecule has 4 N–H and O–H groups in total. The third kappa shape index (κ3) is 4.13. The minimum absolute atomic E-state index is 0.0150. The first-order valence-corrected chi connectivity index (χ1v) is 6.56. The van der Waals surface area contributed by atoms with Gasteiger partial charge in [0.2, 0.25) is 0 Å². The summed E-state index contributed by atoms with van der Waals surface area (Å²) in [7, 11) is 0. The van der Waals surface area contributed by atoms with Gasteiger partial charge in [-0.1, -0.05) is 12.1 Å². The summed E-state index contributed by atoms with van der Waals surface area (Å²) < 4.78 is 5.25. The van der Waals surface area contributed by atoms with Crippen LogP contribution in [0, 0.1) is 0 Å². The maximum atomic E-state index is 11.9. The topological polar surface area (TPSA) is 80.3 Å². The van der Waals surface area contributed by atoms with Crippen LogP contribution >= 0.6 is 0 Å². The number of amides is 2. The summed E-state index contributed by atoms with van der Waals surface area (Å²) in [6.45, 7) is 2.38. The molecule has 0 aliphatic rings. The van der Waals surface area contributed by atoms with E-state index >= 15 is 0 Å². The van der Waals surface area contributed by atoms with Gasteiger partial charge in [0, 0.05) is 24.7 Å². The molecule has 20 heavy (non-hydrogen) atoms. The lowest BCUT2D eigenvalue weighted by Gasteiger charge is -2.13. The summed E-state index contributed by atoms with van der Waals surface area (Å²) in [4.78, 5) is 11.9. The van der Waals surface area contributed by atoms with E-state index in [1.165, 1.54) is 0 Å². The molecule has 0 bridgehead atoms. The summed E-state index contributed by atoms with van der Waals surface area (Å²) in [5, 5.41) is 5.65. The number of benzene rings is 1. The Morgan fingerprint density at radius 1 is 1.35 bits per heavy atom. The van der Waals surface area contributed by atoms with Crippen molar-refractivity contribution in [1.29, 1.82) is 0 Å². The predicted molar refractivity (Wildman–Crippen MR) is 78.4 cm³/mol. The Balaban J connectivity index is 1.85. The van der Waals surface area contributed by atoms with Crippen molar-refractivity contribution in [1.82, 2.24) is 5.32 Å². The SMILES string of the molecule is CC(Cc1ccco1)NC(=O)Nc1cccc(CN)c1. The fraction of sp³-hybridized carbons (Fsp3) is 0.267. The summed E-state index contributed by atoms with van der Waals surface area (Å²) in [5.41, 5.74) is 7.28. The summed E-state index contributed by atoms with van der Waals surface area (Å²) in [6.07, 6.45) is 2.28. The minimum atomic E-state index is -0.238. The molecule has 0 aliphatic carbocycles. The average molecular weight is 273 g/mol. The van der Waals surface area contributed by atoms with E-state index in [1.807, 2.05) is 43.3 Å². The van der Waals surface area contributed by atoms with Gasteiger partial charge in [-0.3, -0.25) is 0 Å². The highest BCUT2D eigenvalue weighted by molar-refractivity contribution is 5.89. The number of carbonyl (C=O) groups is 1. The van der Waals surface area contributed by atoms with E-state index < -0.39 is 0 Å². The normalized spacial score (nSPS) is 11.9. The van der Waals surface area contributed by atoms with E-state index in [0.29, 0.717) is 13.0 Å². The Kier molecular flexibility index (Phi) is 4.79. The Bertz CT molecular complexity index is 552. The van der Waals surface area contributed by atoms with Crippen molar-refractivity contribution in [3.8, 4) is 0 Å². The molecule has 0 fully saturated rings. The second-order valence-electron chi connectivity index (χ2n) is 4.69. The number of rotatable bonds is 5. The molecule has 2 amide bonds. The maximum Gasteiger partial charge on any atom is 0.319 e. The van der Waals surface area contributed by atoms with Gasteiger partial charge in [-0.15, -0.1) is 0 Å². The minimum Gasteiger partial charge on any atom is -0.469 e. The Hall–Kier alpha value is -2.27. The highest BCUT2D eigenvalue weighted by Crippen LogP contribution is 2.10. The van der Waals surface area contributed by atoms with Crippen molar-refractivity contribution >= 4 is 11.7 Å². The fourth-order valence-corrected chi connectivity index (χ4v) is 1.95. The Morgan fingerprint density at radius 3 is 2.90 bits per heavy atom. The van der Waals surface area contributed by atoms with E-state index in [9.17, 15) is 4.79 Å². The van der Waals surface area contributed by atoms with Gasteiger partial charge < -0.3 is 20.8 Å². The van der Waals surface area contributed by atoms with E-state index in [-0.39, 0.29) is 12.1 Å². The van der Waals surface area contributed by atoms with E-state index in [1.54, 1.807) is 6.26 Å². The molecule has 1 unspecified atom stereocenters. The monoisotopic (exact) mass is 273 g/mol. The number of hydrogen-bond acceptors (Lipinski definition) is 3. The van der Waals surface area contributed by atoms with Crippen LogP contribution < -0.4 is 16.4 Å². The standard InChI is InChI=1S/C15H19N3O2/c1-11(8-14-6-3-7-20-14)17-15(19)18-13-5-2-4-12(9-13)10-16/h2-7,9,11H,8,10,16H2,1H3,(H2,17,18,19). The van der Waals surface area contributed by atoms with Crippen LogP contribution in [0.15, 0.2) is 47.1 Å². The number of carbonyl (C=O) groups excluding carboxylic acids is 1. The first-order valence-electron chi connectivity index (χ1n) is 6.56. The molecule has 1 aromatic carbocycles. The van der Waals surface area contributed by atoms with Crippen LogP contribution in [0.3, 0.4) is 0 Å². The third-order valence-corrected chi connectivity index (χ3v) is 2.89. The predicted octanol–water partition coefficient (Wildman–Crippen LogP) is 2.49. The zero-order valence-corrected chi connectivity index (χ0v) is 11.4. The van der Waals surface area contributed by atoms with Gasteiger partial charge >= 0.3 is 6.03 Å². The van der Waals surface area contributed by atoms with Gasteiger partial charge in [0.15, 0.2) is 0 Å². The highest BCUT2D eigenvalue weighted by Gasteiger charge is 2.09. The lowest BCUT2D eigenvalue weighted by molar-refractivity contribution is 0.248. The molecule has 0 aliphatic heterocycles. The molecule has 5 heteroatoms. The summed E-state index contributed by atoms with van der Waals surface area (Å²) in [5.74, 6) is 0.850. The Morgan fingerprint density at radius 2 is 2.20 bits per heavy atom. The summed E-state index contributed by atoms with van der Waals surface area (Å²) >= 11 is 0. The number of anilines is 1. The van der Waals surface area contributed by atoms with Crippen LogP contribution in [-0.2, 0) is 13.0 Å². The van der Waals surface area contributed by atoms with Crippen LogP contribution in [-0.4, -0.2) is 12.1 Å². The molecule has 1 heterocycles. The van der Waals surface area contributed by atoms with Gasteiger partial charge in [-0.2, -0.15) is 0 Å². The zero-order valence-electron chi connectivity index (χ0n) is 11.4. The largest absolute Gasteiger partial charge is 0.469 e. The van der Waals surface area contributed by atoms with Crippen molar-refractivity contribution in [3.63, 3.8) is 0 Å². The van der Waals surface area contributed by atoms with Gasteiger partial charge in [-0.05, 0) is 36.8 Å². The molecule has 2 aromatic rings. The van der Waals surface area contributed by atoms with Crippen molar-refractivity contribution in [3.05, 3.63) is 54.0 Å². The van der Waals surface area contributed by atoms with Gasteiger partial charge in [0.1, 0.15) is 5.76 Å². The first-order chi connectivity index (χ1) is 9.67. The quantitative estimate of drug-likeness (QED) is 0.783. The zero-order chi connectivity index (χ0) is 14.4. The molecule has 1 atom stereocenters. The third-order valence-electron chi connectivity index (χ3n) is 2.89. The average Bonchev–Trinajstić information content (AvgIpc) is 2.91. The van der Waals surface area contributed by atoms with Crippen molar-refractivity contribution in [2.24, 2.45) is 5.73 Å². The number of nitrogens with two attached hydrogens (primary N) is 1. The molecule has 1 aromatic heterocycles. The molecule has 5 nitrogen and oxygen atoms in total. The second kappa shape index (κ2) is 6.77. The molecular formula is C15H19N3O2. The van der Waals surface area contributed by atoms with Crippen LogP contribution in [0.1, 0.15) is 18.2 Å². The van der Waals surface area contributed by atoms with Gasteiger partial charge in [-0.25, -0.2) is 4.79 Å². The fourth-order valence-electron chi connectivity index (χ4n) is 1.95. The van der Waals surface area contributed by atoms with Gasteiger partial charge in [0.05, 0.1) is 6.26 Å². The van der Waals surface area contributed by atoms with Crippen LogP contribution in [0.4, 0.5) is 10.5 Å². The van der Waals surface area contributed by atoms with Crippen LogP contribution in [0.25, 0.3) is 0 Å². The Labute approximate surface area is 118 Å². The second-order valence-corrected chi connectivity index (χ2v) is 4.69. The lowest BCUT2D eigenvalue weighted by atomic mass is 10.2. The van der Waals surface area contributed by atoms with Gasteiger partial charge in [0.25, 0.3) is 0 Å². The summed E-state index contributed by atoms with van der Waals surface area (Å²) in [6, 6.07) is 10.9. The molecular weight excluding hydrogens is 254 g/mol. The number of hydrogen-bond donors (Lipinski definition) is 3. The van der Waals surface area contributed by atoms with Crippen LogP contribution in [0.2, 0.25) is 0 Å². The van der Waals surface area contributed by atoms with E-state index in [4.69, 9.17) is 10.2 Å². The lowest BCUT2D eigenvalue weighted by Crippen LogP contribution is -2.37. The van der Waals surface area contributed by atoms with Crippen molar-refractivity contribution < 1.29 is 9.21 Å². The van der Waals surface area contributed by atoms with Crippen molar-refractivity contribution in [2.45, 2.75) is 25.9 Å². The van der Waals surface area contributed by atoms with E-state index in [0.717, 1.165) is 17.0 Å². The number of furan rings is 1. The molecule has 2 rings (SSSR count). The molecule has 0 radical (unpaired) electrons. The number of urea groups is 1. The molecule has 106 valence electrons. The smallest absolute Gasteiger partial charge is 0.319 e. The molecule has 0 saturated carbocycles. The molecule has 0 saturated heterocycles. The maximum absolute atomic E-state index is 11.9. The molecule has 0 spiro atoms. The highest BCUT2D eigenvalue weighted by atomic mass is 16.3. The number of nitrogens with one attached hydrogen (secondary N) is 2. The first kappa shape index (κ1) is 14.1. The van der Waals surface area contributed by atoms with E-state index in [2.05, 4.69) is 10.6 Å². The van der Waals surface area contributed by atoms with Crippen molar-refractivity contribution in [2.75, 3.05) is 5.32 Å².